The largest absolute Gasteiger partial charge is 0.298 e. The normalized spacial score (nSPS) is 16.3. The third-order valence-corrected chi connectivity index (χ3v) is 4.58. The van der Waals surface area contributed by atoms with Gasteiger partial charge in [-0.15, -0.1) is 0 Å². The fourth-order valence-corrected chi connectivity index (χ4v) is 3.19. The van der Waals surface area contributed by atoms with E-state index in [2.05, 4.69) is 16.7 Å². The van der Waals surface area contributed by atoms with Gasteiger partial charge in [-0.1, -0.05) is 19.8 Å². The van der Waals surface area contributed by atoms with Crippen LogP contribution in [0, 0.1) is 0 Å². The van der Waals surface area contributed by atoms with E-state index >= 15 is 0 Å². The summed E-state index contributed by atoms with van der Waals surface area (Å²) in [7, 11) is 0. The highest BCUT2D eigenvalue weighted by atomic mass is 32.2. The lowest BCUT2D eigenvalue weighted by molar-refractivity contribution is -0.116. The summed E-state index contributed by atoms with van der Waals surface area (Å²) in [5.41, 5.74) is 0.934. The van der Waals surface area contributed by atoms with Crippen LogP contribution < -0.4 is 0 Å². The first-order valence-electron chi connectivity index (χ1n) is 6.93. The Kier molecular flexibility index (Phi) is 5.29. The predicted octanol–water partition coefficient (Wildman–Crippen LogP) is 3.25. The third-order valence-electron chi connectivity index (χ3n) is 3.35. The first-order chi connectivity index (χ1) is 8.79. The molecule has 1 saturated carbocycles. The number of Topliss-reactive ketones (excluding diaryl/α,β-unsaturated/α-hetero) is 1. The molecule has 0 radical (unpaired) electrons. The van der Waals surface area contributed by atoms with E-state index in [0.717, 1.165) is 17.9 Å². The molecule has 1 heterocycles. The lowest BCUT2D eigenvalue weighted by atomic mass is 10.2. The van der Waals surface area contributed by atoms with Crippen molar-refractivity contribution in [3.8, 4) is 0 Å². The molecule has 4 heteroatoms. The molecule has 0 N–H and O–H groups in total. The Balaban J connectivity index is 1.80. The van der Waals surface area contributed by atoms with Crippen molar-refractivity contribution in [1.29, 1.82) is 0 Å². The molecule has 0 spiro atoms. The van der Waals surface area contributed by atoms with E-state index in [-0.39, 0.29) is 0 Å². The molecule has 0 atom stereocenters. The Hall–Kier alpha value is -0.770. The van der Waals surface area contributed by atoms with Gasteiger partial charge in [0.2, 0.25) is 0 Å². The monoisotopic (exact) mass is 266 g/mol. The Morgan fingerprint density at radius 2 is 2.28 bits per heavy atom. The van der Waals surface area contributed by atoms with E-state index in [0.29, 0.717) is 24.0 Å². The third kappa shape index (κ3) is 3.87. The average Bonchev–Trinajstić information content (AvgIpc) is 2.98. The van der Waals surface area contributed by atoms with Crippen LogP contribution in [0.4, 0.5) is 0 Å². The fourth-order valence-electron chi connectivity index (χ4n) is 2.43. The highest BCUT2D eigenvalue weighted by Crippen LogP contribution is 2.28. The Labute approximate surface area is 113 Å². The molecule has 0 aliphatic heterocycles. The fraction of sp³-hybridized carbons (Fsp3) is 0.714. The standard InChI is InChI=1S/C14H22N2OS/c1-2-9-18-11-14(17)10-12-7-8-16(15-12)13-5-3-4-6-13/h7-8,13H,2-6,9-11H2,1H3. The van der Waals surface area contributed by atoms with Gasteiger partial charge in [0, 0.05) is 6.20 Å². The first-order valence-corrected chi connectivity index (χ1v) is 8.08. The van der Waals surface area contributed by atoms with Crippen LogP contribution in [0.1, 0.15) is 50.8 Å². The second-order valence-corrected chi connectivity index (χ2v) is 6.10. The number of aromatic nitrogens is 2. The van der Waals surface area contributed by atoms with E-state index in [4.69, 9.17) is 0 Å². The number of carbonyl (C=O) groups is 1. The maximum atomic E-state index is 11.7. The molecule has 1 aromatic heterocycles. The number of hydrogen-bond acceptors (Lipinski definition) is 3. The van der Waals surface area contributed by atoms with Crippen molar-refractivity contribution < 1.29 is 4.79 Å². The summed E-state index contributed by atoms with van der Waals surface area (Å²) in [4.78, 5) is 11.7. The number of ketones is 1. The molecule has 0 aromatic carbocycles. The number of thioether (sulfide) groups is 1. The summed E-state index contributed by atoms with van der Waals surface area (Å²) in [6.07, 6.45) is 8.77. The molecule has 1 aliphatic carbocycles. The maximum absolute atomic E-state index is 11.7. The van der Waals surface area contributed by atoms with Crippen LogP contribution in [-0.2, 0) is 11.2 Å². The van der Waals surface area contributed by atoms with Gasteiger partial charge in [-0.2, -0.15) is 16.9 Å². The summed E-state index contributed by atoms with van der Waals surface area (Å²) in [5.74, 6) is 2.00. The predicted molar refractivity (Wildman–Crippen MR) is 76.1 cm³/mol. The lowest BCUT2D eigenvalue weighted by Gasteiger charge is -2.08. The molecule has 100 valence electrons. The van der Waals surface area contributed by atoms with E-state index in [1.807, 2.05) is 12.3 Å². The summed E-state index contributed by atoms with van der Waals surface area (Å²) in [6.45, 7) is 2.14. The van der Waals surface area contributed by atoms with Gasteiger partial charge in [-0.25, -0.2) is 0 Å². The molecule has 1 aromatic rings. The SMILES string of the molecule is CCCSCC(=O)Cc1ccn(C2CCCC2)n1. The molecular formula is C14H22N2OS. The minimum atomic E-state index is 0.296. The zero-order chi connectivity index (χ0) is 12.8. The van der Waals surface area contributed by atoms with Gasteiger partial charge < -0.3 is 0 Å². The van der Waals surface area contributed by atoms with Crippen molar-refractivity contribution >= 4 is 17.5 Å². The zero-order valence-corrected chi connectivity index (χ0v) is 11.9. The van der Waals surface area contributed by atoms with Crippen molar-refractivity contribution in [2.45, 2.75) is 51.5 Å². The molecule has 1 aliphatic rings. The minimum Gasteiger partial charge on any atom is -0.298 e. The quantitative estimate of drug-likeness (QED) is 0.711. The van der Waals surface area contributed by atoms with Crippen LogP contribution in [0.2, 0.25) is 0 Å². The lowest BCUT2D eigenvalue weighted by Crippen LogP contribution is -2.09. The van der Waals surface area contributed by atoms with Crippen molar-refractivity contribution in [3.63, 3.8) is 0 Å². The van der Waals surface area contributed by atoms with Crippen molar-refractivity contribution in [3.05, 3.63) is 18.0 Å². The van der Waals surface area contributed by atoms with E-state index in [9.17, 15) is 4.79 Å². The van der Waals surface area contributed by atoms with Crippen LogP contribution in [-0.4, -0.2) is 27.1 Å². The summed E-state index contributed by atoms with van der Waals surface area (Å²) in [6, 6.07) is 2.57. The highest BCUT2D eigenvalue weighted by molar-refractivity contribution is 7.99. The summed E-state index contributed by atoms with van der Waals surface area (Å²) >= 11 is 1.73. The highest BCUT2D eigenvalue weighted by Gasteiger charge is 2.17. The summed E-state index contributed by atoms with van der Waals surface area (Å²) < 4.78 is 2.06. The Morgan fingerprint density at radius 3 is 3.00 bits per heavy atom. The number of rotatable bonds is 7. The average molecular weight is 266 g/mol. The Morgan fingerprint density at radius 1 is 1.50 bits per heavy atom. The van der Waals surface area contributed by atoms with Gasteiger partial charge in [0.15, 0.2) is 0 Å². The number of carbonyl (C=O) groups excluding carboxylic acids is 1. The van der Waals surface area contributed by atoms with Crippen LogP contribution in [0.3, 0.4) is 0 Å². The van der Waals surface area contributed by atoms with E-state index in [1.54, 1.807) is 11.8 Å². The zero-order valence-electron chi connectivity index (χ0n) is 11.1. The molecule has 18 heavy (non-hydrogen) atoms. The van der Waals surface area contributed by atoms with Crippen molar-refractivity contribution in [2.24, 2.45) is 0 Å². The van der Waals surface area contributed by atoms with Gasteiger partial charge in [0.05, 0.1) is 23.9 Å². The second kappa shape index (κ2) is 6.98. The van der Waals surface area contributed by atoms with Crippen LogP contribution in [0.25, 0.3) is 0 Å². The van der Waals surface area contributed by atoms with Gasteiger partial charge in [0.1, 0.15) is 5.78 Å². The molecule has 3 nitrogen and oxygen atoms in total. The van der Waals surface area contributed by atoms with Gasteiger partial charge in [-0.3, -0.25) is 9.48 Å². The summed E-state index contributed by atoms with van der Waals surface area (Å²) in [5, 5.41) is 4.55. The smallest absolute Gasteiger partial charge is 0.148 e. The Bertz CT molecular complexity index is 383. The first kappa shape index (κ1) is 13.7. The minimum absolute atomic E-state index is 0.296. The molecule has 1 fully saturated rings. The topological polar surface area (TPSA) is 34.9 Å². The van der Waals surface area contributed by atoms with E-state index < -0.39 is 0 Å². The van der Waals surface area contributed by atoms with Crippen LogP contribution in [0.5, 0.6) is 0 Å². The van der Waals surface area contributed by atoms with Gasteiger partial charge in [0.25, 0.3) is 0 Å². The molecule has 0 saturated heterocycles. The molecular weight excluding hydrogens is 244 g/mol. The molecule has 0 unspecified atom stereocenters. The number of nitrogens with zero attached hydrogens (tertiary/aromatic N) is 2. The van der Waals surface area contributed by atoms with Crippen molar-refractivity contribution in [1.82, 2.24) is 9.78 Å². The second-order valence-electron chi connectivity index (χ2n) is 4.99. The number of hydrogen-bond donors (Lipinski definition) is 0. The molecule has 0 bridgehead atoms. The maximum Gasteiger partial charge on any atom is 0.148 e. The van der Waals surface area contributed by atoms with E-state index in [1.165, 1.54) is 25.7 Å². The molecule has 2 rings (SSSR count). The molecule has 0 amide bonds. The van der Waals surface area contributed by atoms with Crippen LogP contribution in [0.15, 0.2) is 12.3 Å². The van der Waals surface area contributed by atoms with Gasteiger partial charge >= 0.3 is 0 Å². The van der Waals surface area contributed by atoms with Crippen LogP contribution >= 0.6 is 11.8 Å². The van der Waals surface area contributed by atoms with Gasteiger partial charge in [-0.05, 0) is 31.1 Å². The van der Waals surface area contributed by atoms with Crippen molar-refractivity contribution in [2.75, 3.05) is 11.5 Å².